The summed E-state index contributed by atoms with van der Waals surface area (Å²) in [6.45, 7) is 29.3. The maximum Gasteiger partial charge on any atom is 0.252 e. The van der Waals surface area contributed by atoms with Gasteiger partial charge in [-0.25, -0.2) is 0 Å². The Labute approximate surface area is 388 Å². The fourth-order valence-electron chi connectivity index (χ4n) is 13.8. The summed E-state index contributed by atoms with van der Waals surface area (Å²) in [5, 5.41) is 0. The molecule has 0 aromatic heterocycles. The van der Waals surface area contributed by atoms with Crippen molar-refractivity contribution in [1.29, 1.82) is 0 Å². The van der Waals surface area contributed by atoms with Crippen LogP contribution in [0.3, 0.4) is 0 Å². The Morgan fingerprint density at radius 3 is 1.69 bits per heavy atom. The molecule has 0 N–H and O–H groups in total. The molecule has 0 atom stereocenters. The average molecular weight is 847 g/mol. The van der Waals surface area contributed by atoms with Gasteiger partial charge in [-0.2, -0.15) is 0 Å². The lowest BCUT2D eigenvalue weighted by molar-refractivity contribution is 0.332. The van der Waals surface area contributed by atoms with Gasteiger partial charge >= 0.3 is 0 Å². The summed E-state index contributed by atoms with van der Waals surface area (Å²) in [6.07, 6.45) is 3.51. The maximum absolute atomic E-state index is 2.72. The van der Waals surface area contributed by atoms with Gasteiger partial charge in [0.15, 0.2) is 0 Å². The van der Waals surface area contributed by atoms with E-state index in [0.717, 1.165) is 6.42 Å². The van der Waals surface area contributed by atoms with E-state index in [4.69, 9.17) is 0 Å². The number of anilines is 6. The minimum absolute atomic E-state index is 0.0431. The highest BCUT2D eigenvalue weighted by atomic mass is 15.2. The first kappa shape index (κ1) is 40.7. The van der Waals surface area contributed by atoms with Crippen LogP contribution in [0.5, 0.6) is 0 Å². The monoisotopic (exact) mass is 847 g/mol. The molecule has 0 saturated heterocycles. The van der Waals surface area contributed by atoms with Crippen LogP contribution < -0.4 is 26.2 Å². The Kier molecular flexibility index (Phi) is 8.25. The zero-order valence-corrected chi connectivity index (χ0v) is 40.7. The van der Waals surface area contributed by atoms with E-state index in [9.17, 15) is 0 Å². The first-order chi connectivity index (χ1) is 30.8. The second-order valence-corrected chi connectivity index (χ2v) is 23.7. The quantitative estimate of drug-likeness (QED) is 0.163. The molecule has 7 aromatic rings. The Morgan fingerprint density at radius 1 is 0.415 bits per heavy atom. The van der Waals surface area contributed by atoms with Gasteiger partial charge in [0.25, 0.3) is 6.71 Å². The molecule has 324 valence electrons. The number of hydrogen-bond acceptors (Lipinski definition) is 2. The van der Waals surface area contributed by atoms with Gasteiger partial charge in [0, 0.05) is 39.4 Å². The zero-order chi connectivity index (χ0) is 45.3. The topological polar surface area (TPSA) is 6.48 Å². The smallest absolute Gasteiger partial charge is 0.252 e. The molecule has 12 rings (SSSR count). The Balaban J connectivity index is 1.21. The molecule has 0 bridgehead atoms. The third-order valence-corrected chi connectivity index (χ3v) is 17.0. The highest BCUT2D eigenvalue weighted by Crippen LogP contribution is 2.57. The van der Waals surface area contributed by atoms with Crippen molar-refractivity contribution in [2.45, 2.75) is 129 Å². The van der Waals surface area contributed by atoms with Crippen LogP contribution in [0, 0.1) is 13.8 Å². The molecule has 0 amide bonds. The molecular formula is C62H63BN2. The minimum atomic E-state index is -0.121. The second-order valence-electron chi connectivity index (χ2n) is 23.7. The first-order valence-corrected chi connectivity index (χ1v) is 24.3. The van der Waals surface area contributed by atoms with Crippen LogP contribution in [-0.2, 0) is 27.1 Å². The maximum atomic E-state index is 2.72. The Hall–Kier alpha value is -5.80. The van der Waals surface area contributed by atoms with Gasteiger partial charge in [0.1, 0.15) is 0 Å². The van der Waals surface area contributed by atoms with Crippen molar-refractivity contribution < 1.29 is 0 Å². The fourth-order valence-corrected chi connectivity index (χ4v) is 13.8. The van der Waals surface area contributed by atoms with Gasteiger partial charge in [-0.05, 0) is 169 Å². The van der Waals surface area contributed by atoms with E-state index >= 15 is 0 Å². The molecule has 0 radical (unpaired) electrons. The molecule has 2 heterocycles. The molecule has 0 unspecified atom stereocenters. The minimum Gasteiger partial charge on any atom is -0.311 e. The average Bonchev–Trinajstić information content (AvgIpc) is 3.61. The highest BCUT2D eigenvalue weighted by molar-refractivity contribution is 7.00. The summed E-state index contributed by atoms with van der Waals surface area (Å²) < 4.78 is 0. The Bertz CT molecular complexity index is 3200. The van der Waals surface area contributed by atoms with E-state index < -0.39 is 0 Å². The number of hydrogen-bond donors (Lipinski definition) is 0. The summed E-state index contributed by atoms with van der Waals surface area (Å²) in [5.41, 5.74) is 28.7. The molecular weight excluding hydrogens is 784 g/mol. The molecule has 0 saturated carbocycles. The van der Waals surface area contributed by atoms with Gasteiger partial charge < -0.3 is 9.80 Å². The van der Waals surface area contributed by atoms with Crippen molar-refractivity contribution in [2.75, 3.05) is 9.80 Å². The molecule has 2 nitrogen and oxygen atoms in total. The lowest BCUT2D eigenvalue weighted by Crippen LogP contribution is -2.61. The third-order valence-electron chi connectivity index (χ3n) is 17.0. The molecule has 0 fully saturated rings. The number of fused-ring (bicyclic) bond motifs is 9. The number of aryl methyl sites for hydroxylation is 2. The van der Waals surface area contributed by atoms with Gasteiger partial charge in [-0.15, -0.1) is 0 Å². The van der Waals surface area contributed by atoms with Crippen molar-refractivity contribution >= 4 is 57.2 Å². The number of nitrogens with zero attached hydrogens (tertiary/aromatic N) is 2. The van der Waals surface area contributed by atoms with E-state index in [1.807, 2.05) is 0 Å². The lowest BCUT2D eigenvalue weighted by Gasteiger charge is -2.47. The summed E-state index contributed by atoms with van der Waals surface area (Å²) in [6, 6.07) is 50.1. The van der Waals surface area contributed by atoms with Crippen molar-refractivity contribution in [1.82, 2.24) is 0 Å². The summed E-state index contributed by atoms with van der Waals surface area (Å²) in [4.78, 5) is 5.40. The van der Waals surface area contributed by atoms with Crippen molar-refractivity contribution in [2.24, 2.45) is 0 Å². The fraction of sp³-hybridized carbons (Fsp3) is 0.323. The van der Waals surface area contributed by atoms with Crippen LogP contribution >= 0.6 is 0 Å². The molecule has 3 aliphatic carbocycles. The molecule has 3 heteroatoms. The van der Waals surface area contributed by atoms with E-state index in [2.05, 4.69) is 220 Å². The summed E-state index contributed by atoms with van der Waals surface area (Å²) in [5.74, 6) is 0. The van der Waals surface area contributed by atoms with E-state index in [1.165, 1.54) is 130 Å². The van der Waals surface area contributed by atoms with Crippen LogP contribution in [0.25, 0.3) is 22.3 Å². The van der Waals surface area contributed by atoms with E-state index in [-0.39, 0.29) is 33.8 Å². The lowest BCUT2D eigenvalue weighted by atomic mass is 9.33. The largest absolute Gasteiger partial charge is 0.311 e. The standard InChI is InChI=1S/C62H63BN2/c1-37-29-54-57-55(30-37)65(51-34-46-44(31-38(51)2)58(3,4)27-28-59(46,5)6)53-35-47-45(60(7,8)36-61(47,9)10)33-49(53)63(57)48-26-25-40(39-19-14-13-15-20-39)32-52(48)64(54)50-24-18-23-43-56(50)41-21-16-17-22-42(41)62(43,11)12/h13-26,29-35H,27-28,36H2,1-12H3. The number of rotatable bonds is 3. The molecule has 2 aliphatic heterocycles. The van der Waals surface area contributed by atoms with Gasteiger partial charge in [-0.3, -0.25) is 0 Å². The van der Waals surface area contributed by atoms with Crippen LogP contribution in [0.1, 0.15) is 133 Å². The molecule has 7 aromatic carbocycles. The predicted octanol–water partition coefficient (Wildman–Crippen LogP) is 14.7. The van der Waals surface area contributed by atoms with Crippen molar-refractivity contribution in [3.63, 3.8) is 0 Å². The first-order valence-electron chi connectivity index (χ1n) is 24.3. The normalized spacial score (nSPS) is 19.1. The van der Waals surface area contributed by atoms with E-state index in [0.29, 0.717) is 0 Å². The van der Waals surface area contributed by atoms with Gasteiger partial charge in [0.2, 0.25) is 0 Å². The van der Waals surface area contributed by atoms with Crippen molar-refractivity contribution in [3.05, 3.63) is 172 Å². The highest BCUT2D eigenvalue weighted by Gasteiger charge is 2.49. The van der Waals surface area contributed by atoms with Gasteiger partial charge in [0.05, 0.1) is 5.69 Å². The van der Waals surface area contributed by atoms with Crippen LogP contribution in [0.4, 0.5) is 34.1 Å². The zero-order valence-electron chi connectivity index (χ0n) is 40.7. The predicted molar refractivity (Wildman–Crippen MR) is 279 cm³/mol. The molecule has 65 heavy (non-hydrogen) atoms. The molecule has 0 spiro atoms. The Morgan fingerprint density at radius 2 is 0.985 bits per heavy atom. The van der Waals surface area contributed by atoms with Crippen molar-refractivity contribution in [3.8, 4) is 22.3 Å². The van der Waals surface area contributed by atoms with Crippen LogP contribution in [0.2, 0.25) is 0 Å². The SMILES string of the molecule is Cc1cc2c3c(c1)N(c1cccc4c1-c1ccccc1C4(C)C)c1cc(-c4ccccc4)ccc1B3c1cc3c(cc1N2c1cc2c(cc1C)C(C)(C)CCC2(C)C)C(C)(C)CC3(C)C. The summed E-state index contributed by atoms with van der Waals surface area (Å²) >= 11 is 0. The van der Waals surface area contributed by atoms with Crippen LogP contribution in [-0.4, -0.2) is 6.71 Å². The summed E-state index contributed by atoms with van der Waals surface area (Å²) in [7, 11) is 0. The van der Waals surface area contributed by atoms with Crippen LogP contribution in [0.15, 0.2) is 127 Å². The molecule has 5 aliphatic rings. The third kappa shape index (κ3) is 5.60. The number of benzene rings is 7. The second kappa shape index (κ2) is 13.2. The van der Waals surface area contributed by atoms with Gasteiger partial charge in [-0.1, -0.05) is 160 Å². The van der Waals surface area contributed by atoms with E-state index in [1.54, 1.807) is 0 Å².